The van der Waals surface area contributed by atoms with Crippen molar-refractivity contribution in [3.05, 3.63) is 35.9 Å². The third kappa shape index (κ3) is 7.06. The van der Waals surface area contributed by atoms with E-state index in [4.69, 9.17) is 10.5 Å². The van der Waals surface area contributed by atoms with Gasteiger partial charge in [-0.2, -0.15) is 0 Å². The zero-order chi connectivity index (χ0) is 19.0. The maximum absolute atomic E-state index is 12.0. The number of hydrogen-bond acceptors (Lipinski definition) is 4. The lowest BCUT2D eigenvalue weighted by atomic mass is 9.87. The molecule has 1 fully saturated rings. The average Bonchev–Trinajstić information content (AvgIpc) is 2.62. The van der Waals surface area contributed by atoms with E-state index in [2.05, 4.69) is 40.5 Å². The summed E-state index contributed by atoms with van der Waals surface area (Å²) in [6.45, 7) is 10.4. The Hall–Kier alpha value is -1.43. The van der Waals surface area contributed by atoms with Crippen LogP contribution in [0.4, 0.5) is 0 Å². The first-order valence-corrected chi connectivity index (χ1v) is 9.77. The molecule has 0 unspecified atom stereocenters. The van der Waals surface area contributed by atoms with Crippen molar-refractivity contribution in [2.24, 2.45) is 11.1 Å². The van der Waals surface area contributed by atoms with Crippen molar-refractivity contribution >= 4 is 5.91 Å². The molecule has 26 heavy (non-hydrogen) atoms. The van der Waals surface area contributed by atoms with E-state index in [0.717, 1.165) is 38.9 Å². The number of rotatable bonds is 8. The molecule has 3 N–H and O–H groups in total. The van der Waals surface area contributed by atoms with Crippen molar-refractivity contribution in [1.29, 1.82) is 0 Å². The summed E-state index contributed by atoms with van der Waals surface area (Å²) >= 11 is 0. The lowest BCUT2D eigenvalue weighted by Gasteiger charge is -2.32. The monoisotopic (exact) mass is 361 g/mol. The number of nitrogens with zero attached hydrogens (tertiary/aromatic N) is 1. The lowest BCUT2D eigenvalue weighted by Crippen LogP contribution is -2.48. The molecule has 1 amide bonds. The summed E-state index contributed by atoms with van der Waals surface area (Å²) in [7, 11) is 0. The van der Waals surface area contributed by atoms with Crippen molar-refractivity contribution in [1.82, 2.24) is 10.2 Å². The van der Waals surface area contributed by atoms with E-state index in [1.165, 1.54) is 5.56 Å². The first-order valence-electron chi connectivity index (χ1n) is 9.77. The summed E-state index contributed by atoms with van der Waals surface area (Å²) in [6.07, 6.45) is 3.32. The van der Waals surface area contributed by atoms with Crippen LogP contribution in [0.3, 0.4) is 0 Å². The minimum Gasteiger partial charge on any atom is -0.378 e. The van der Waals surface area contributed by atoms with E-state index in [1.807, 2.05) is 20.8 Å². The highest BCUT2D eigenvalue weighted by Crippen LogP contribution is 2.18. The van der Waals surface area contributed by atoms with Gasteiger partial charge in [0, 0.05) is 32.8 Å². The number of amides is 1. The number of ether oxygens (including phenoxy) is 1. The molecule has 2 rings (SSSR count). The second-order valence-electron chi connectivity index (χ2n) is 8.32. The van der Waals surface area contributed by atoms with E-state index in [1.54, 1.807) is 0 Å². The Balaban J connectivity index is 1.54. The van der Waals surface area contributed by atoms with Crippen LogP contribution in [-0.4, -0.2) is 49.2 Å². The van der Waals surface area contributed by atoms with Crippen LogP contribution in [0.15, 0.2) is 30.3 Å². The quantitative estimate of drug-likeness (QED) is 0.698. The summed E-state index contributed by atoms with van der Waals surface area (Å²) in [6, 6.07) is 10.1. The molecule has 146 valence electrons. The maximum atomic E-state index is 12.0. The molecule has 0 spiro atoms. The second-order valence-corrected chi connectivity index (χ2v) is 8.32. The highest BCUT2D eigenvalue weighted by molar-refractivity contribution is 5.82. The number of nitrogens with two attached hydrogens (primary N) is 1. The van der Waals surface area contributed by atoms with Crippen molar-refractivity contribution < 1.29 is 9.53 Å². The van der Waals surface area contributed by atoms with Crippen LogP contribution in [0.2, 0.25) is 0 Å². The molecule has 5 nitrogen and oxygen atoms in total. The van der Waals surface area contributed by atoms with Gasteiger partial charge in [0.05, 0.1) is 12.1 Å². The van der Waals surface area contributed by atoms with Gasteiger partial charge in [-0.3, -0.25) is 9.69 Å². The number of carbonyl (C=O) groups is 1. The Morgan fingerprint density at radius 2 is 1.92 bits per heavy atom. The van der Waals surface area contributed by atoms with Crippen molar-refractivity contribution in [3.8, 4) is 0 Å². The molecule has 5 heteroatoms. The Kier molecular flexibility index (Phi) is 8.07. The van der Waals surface area contributed by atoms with Crippen LogP contribution in [0.25, 0.3) is 0 Å². The summed E-state index contributed by atoms with van der Waals surface area (Å²) in [5, 5.41) is 2.91. The molecule has 1 aliphatic heterocycles. The number of piperidine rings is 1. The fraction of sp³-hybridized carbons (Fsp3) is 0.667. The highest BCUT2D eigenvalue weighted by Gasteiger charge is 2.27. The minimum absolute atomic E-state index is 0.0771. The molecule has 1 aromatic rings. The number of hydrogen-bond donors (Lipinski definition) is 2. The predicted octanol–water partition coefficient (Wildman–Crippen LogP) is 2.55. The first kappa shape index (κ1) is 20.9. The molecule has 1 atom stereocenters. The standard InChI is InChI=1S/C21H35N3O2/c1-21(2,3)19(22)20(25)23-12-7-15-26-18-10-13-24(14-11-18)16-17-8-5-4-6-9-17/h4-6,8-9,18-19H,7,10-16,22H2,1-3H3,(H,23,25)/t19-/m1/s1. The number of benzene rings is 1. The van der Waals surface area contributed by atoms with Gasteiger partial charge in [0.2, 0.25) is 5.91 Å². The zero-order valence-electron chi connectivity index (χ0n) is 16.5. The first-order chi connectivity index (χ1) is 12.4. The molecule has 0 bridgehead atoms. The zero-order valence-corrected chi connectivity index (χ0v) is 16.5. The van der Waals surface area contributed by atoms with E-state index in [0.29, 0.717) is 19.3 Å². The van der Waals surface area contributed by atoms with Crippen molar-refractivity contribution in [3.63, 3.8) is 0 Å². The molecule has 0 saturated carbocycles. The topological polar surface area (TPSA) is 67.6 Å². The molecule has 0 aromatic heterocycles. The average molecular weight is 362 g/mol. The number of carbonyl (C=O) groups excluding carboxylic acids is 1. The van der Waals surface area contributed by atoms with Crippen LogP contribution < -0.4 is 11.1 Å². The fourth-order valence-electron chi connectivity index (χ4n) is 3.11. The SMILES string of the molecule is CC(C)(C)[C@H](N)C(=O)NCCCOC1CCN(Cc2ccccc2)CC1. The highest BCUT2D eigenvalue weighted by atomic mass is 16.5. The molecule has 1 aromatic carbocycles. The minimum atomic E-state index is -0.475. The normalized spacial score (nSPS) is 17.8. The Labute approximate surface area is 158 Å². The van der Waals surface area contributed by atoms with Gasteiger partial charge in [-0.05, 0) is 30.2 Å². The maximum Gasteiger partial charge on any atom is 0.237 e. The fourth-order valence-corrected chi connectivity index (χ4v) is 3.11. The van der Waals surface area contributed by atoms with Gasteiger partial charge in [-0.15, -0.1) is 0 Å². The second kappa shape index (κ2) is 10.0. The molecule has 0 radical (unpaired) electrons. The molecule has 1 saturated heterocycles. The molecule has 1 heterocycles. The van der Waals surface area contributed by atoms with Gasteiger partial charge >= 0.3 is 0 Å². The number of nitrogens with one attached hydrogen (secondary N) is 1. The van der Waals surface area contributed by atoms with Crippen molar-refractivity contribution in [2.75, 3.05) is 26.2 Å². The predicted molar refractivity (Wildman–Crippen MR) is 106 cm³/mol. The summed E-state index contributed by atoms with van der Waals surface area (Å²) in [5.41, 5.74) is 7.10. The Morgan fingerprint density at radius 3 is 2.54 bits per heavy atom. The van der Waals surface area contributed by atoms with Crippen molar-refractivity contribution in [2.45, 2.75) is 58.7 Å². The summed E-state index contributed by atoms with van der Waals surface area (Å²) < 4.78 is 5.98. The Morgan fingerprint density at radius 1 is 1.27 bits per heavy atom. The van der Waals surface area contributed by atoms with Gasteiger partial charge < -0.3 is 15.8 Å². The van der Waals surface area contributed by atoms with Gasteiger partial charge in [0.1, 0.15) is 0 Å². The van der Waals surface area contributed by atoms with Crippen LogP contribution >= 0.6 is 0 Å². The van der Waals surface area contributed by atoms with Gasteiger partial charge in [-0.1, -0.05) is 51.1 Å². The van der Waals surface area contributed by atoms with Crippen LogP contribution in [0.5, 0.6) is 0 Å². The van der Waals surface area contributed by atoms with Crippen LogP contribution in [0.1, 0.15) is 45.6 Å². The third-order valence-corrected chi connectivity index (χ3v) is 4.97. The Bertz CT molecular complexity index is 534. The molecular formula is C21H35N3O2. The van der Waals surface area contributed by atoms with E-state index in [-0.39, 0.29) is 11.3 Å². The largest absolute Gasteiger partial charge is 0.378 e. The van der Waals surface area contributed by atoms with Crippen LogP contribution in [-0.2, 0) is 16.1 Å². The van der Waals surface area contributed by atoms with Gasteiger partial charge in [0.25, 0.3) is 0 Å². The third-order valence-electron chi connectivity index (χ3n) is 4.97. The van der Waals surface area contributed by atoms with E-state index in [9.17, 15) is 4.79 Å². The van der Waals surface area contributed by atoms with Gasteiger partial charge in [0.15, 0.2) is 0 Å². The molecular weight excluding hydrogens is 326 g/mol. The molecule has 1 aliphatic rings. The smallest absolute Gasteiger partial charge is 0.237 e. The van der Waals surface area contributed by atoms with Gasteiger partial charge in [-0.25, -0.2) is 0 Å². The summed E-state index contributed by atoms with van der Waals surface area (Å²) in [4.78, 5) is 14.4. The van der Waals surface area contributed by atoms with Crippen LogP contribution in [0, 0.1) is 5.41 Å². The van der Waals surface area contributed by atoms with E-state index >= 15 is 0 Å². The number of likely N-dealkylation sites (tertiary alicyclic amines) is 1. The lowest BCUT2D eigenvalue weighted by molar-refractivity contribution is -0.124. The summed E-state index contributed by atoms with van der Waals surface area (Å²) in [5.74, 6) is -0.0771. The van der Waals surface area contributed by atoms with E-state index < -0.39 is 6.04 Å². The molecule has 0 aliphatic carbocycles.